The van der Waals surface area contributed by atoms with Gasteiger partial charge in [0, 0.05) is 6.42 Å². The van der Waals surface area contributed by atoms with Gasteiger partial charge in [-0.1, -0.05) is 25.5 Å². The quantitative estimate of drug-likeness (QED) is 0.734. The molecule has 4 nitrogen and oxygen atoms in total. The van der Waals surface area contributed by atoms with Gasteiger partial charge in [0.2, 0.25) is 5.91 Å². The van der Waals surface area contributed by atoms with Gasteiger partial charge in [0.15, 0.2) is 0 Å². The number of nitrogens with two attached hydrogens (primary N) is 1. The van der Waals surface area contributed by atoms with Gasteiger partial charge in [0.1, 0.15) is 5.75 Å². The van der Waals surface area contributed by atoms with Crippen molar-refractivity contribution in [3.63, 3.8) is 0 Å². The highest BCUT2D eigenvalue weighted by Gasteiger charge is 2.11. The Kier molecular flexibility index (Phi) is 6.22. The van der Waals surface area contributed by atoms with Crippen LogP contribution in [0.2, 0.25) is 0 Å². The van der Waals surface area contributed by atoms with Crippen LogP contribution in [-0.2, 0) is 11.2 Å². The van der Waals surface area contributed by atoms with E-state index in [4.69, 9.17) is 10.5 Å². The average molecular weight is 250 g/mol. The Morgan fingerprint density at radius 3 is 2.56 bits per heavy atom. The van der Waals surface area contributed by atoms with E-state index in [2.05, 4.69) is 24.4 Å². The first-order valence-electron chi connectivity index (χ1n) is 6.35. The maximum atomic E-state index is 11.0. The second kappa shape index (κ2) is 7.71. The summed E-state index contributed by atoms with van der Waals surface area (Å²) < 4.78 is 5.57. The van der Waals surface area contributed by atoms with E-state index in [9.17, 15) is 4.79 Å². The minimum absolute atomic E-state index is 0.329. The van der Waals surface area contributed by atoms with Gasteiger partial charge in [0.25, 0.3) is 0 Å². The van der Waals surface area contributed by atoms with Crippen molar-refractivity contribution in [3.05, 3.63) is 29.8 Å². The summed E-state index contributed by atoms with van der Waals surface area (Å²) in [6, 6.07) is 7.74. The molecule has 0 bridgehead atoms. The van der Waals surface area contributed by atoms with Crippen molar-refractivity contribution in [1.82, 2.24) is 5.32 Å². The fourth-order valence-corrected chi connectivity index (χ4v) is 1.76. The number of primary amides is 1. The topological polar surface area (TPSA) is 64.3 Å². The van der Waals surface area contributed by atoms with Gasteiger partial charge >= 0.3 is 0 Å². The number of likely N-dealkylation sites (N-methyl/N-ethyl adjacent to an activating group) is 1. The third-order valence-electron chi connectivity index (χ3n) is 2.83. The molecule has 0 aliphatic carbocycles. The molecule has 0 aromatic heterocycles. The van der Waals surface area contributed by atoms with E-state index in [1.54, 1.807) is 7.05 Å². The van der Waals surface area contributed by atoms with Crippen molar-refractivity contribution in [2.24, 2.45) is 5.73 Å². The molecule has 1 aromatic carbocycles. The first-order chi connectivity index (χ1) is 8.67. The van der Waals surface area contributed by atoms with Crippen LogP contribution in [0, 0.1) is 0 Å². The second-order valence-electron chi connectivity index (χ2n) is 4.27. The van der Waals surface area contributed by atoms with E-state index < -0.39 is 0 Å². The lowest BCUT2D eigenvalue weighted by Gasteiger charge is -2.13. The molecule has 0 heterocycles. The van der Waals surface area contributed by atoms with E-state index in [-0.39, 0.29) is 11.9 Å². The average Bonchev–Trinajstić information content (AvgIpc) is 2.36. The largest absolute Gasteiger partial charge is 0.494 e. The number of ether oxygens (including phenoxy) is 1. The lowest BCUT2D eigenvalue weighted by Crippen LogP contribution is -2.40. The number of aryl methyl sites for hydroxylation is 1. The highest BCUT2D eigenvalue weighted by molar-refractivity contribution is 5.79. The minimum atomic E-state index is -0.348. The minimum Gasteiger partial charge on any atom is -0.494 e. The van der Waals surface area contributed by atoms with Crippen molar-refractivity contribution in [1.29, 1.82) is 0 Å². The van der Waals surface area contributed by atoms with Gasteiger partial charge in [-0.3, -0.25) is 4.79 Å². The molecule has 3 N–H and O–H groups in total. The zero-order valence-electron chi connectivity index (χ0n) is 11.1. The van der Waals surface area contributed by atoms with Crippen LogP contribution in [0.5, 0.6) is 5.75 Å². The van der Waals surface area contributed by atoms with E-state index in [1.807, 2.05) is 12.1 Å². The van der Waals surface area contributed by atoms with Gasteiger partial charge < -0.3 is 15.8 Å². The van der Waals surface area contributed by atoms with Crippen LogP contribution in [0.25, 0.3) is 0 Å². The Morgan fingerprint density at radius 2 is 2.06 bits per heavy atom. The number of carbonyl (C=O) groups is 1. The molecule has 0 saturated heterocycles. The van der Waals surface area contributed by atoms with Crippen molar-refractivity contribution < 1.29 is 9.53 Å². The summed E-state index contributed by atoms with van der Waals surface area (Å²) in [5.74, 6) is 0.480. The normalized spacial score (nSPS) is 12.1. The molecule has 0 aliphatic heterocycles. The lowest BCUT2D eigenvalue weighted by molar-refractivity contribution is -0.120. The lowest BCUT2D eigenvalue weighted by atomic mass is 10.1. The number of nitrogens with one attached hydrogen (secondary N) is 1. The number of benzene rings is 1. The number of amides is 1. The smallest absolute Gasteiger partial charge is 0.234 e. The number of hydrogen-bond donors (Lipinski definition) is 2. The molecule has 0 spiro atoms. The monoisotopic (exact) mass is 250 g/mol. The molecule has 18 heavy (non-hydrogen) atoms. The molecule has 0 radical (unpaired) electrons. The number of carbonyl (C=O) groups excluding carboxylic acids is 1. The molecule has 0 fully saturated rings. The van der Waals surface area contributed by atoms with Crippen molar-refractivity contribution in [2.75, 3.05) is 13.7 Å². The Morgan fingerprint density at radius 1 is 1.39 bits per heavy atom. The van der Waals surface area contributed by atoms with E-state index >= 15 is 0 Å². The zero-order chi connectivity index (χ0) is 13.4. The summed E-state index contributed by atoms with van der Waals surface area (Å²) in [6.07, 6.45) is 2.80. The summed E-state index contributed by atoms with van der Waals surface area (Å²) in [5.41, 5.74) is 6.54. The molecule has 100 valence electrons. The first kappa shape index (κ1) is 14.5. The zero-order valence-corrected chi connectivity index (χ0v) is 11.1. The summed E-state index contributed by atoms with van der Waals surface area (Å²) in [4.78, 5) is 11.0. The Bertz CT molecular complexity index is 363. The van der Waals surface area contributed by atoms with Crippen LogP contribution < -0.4 is 15.8 Å². The van der Waals surface area contributed by atoms with Crippen LogP contribution in [0.4, 0.5) is 0 Å². The van der Waals surface area contributed by atoms with Crippen LogP contribution in [0.3, 0.4) is 0 Å². The fraction of sp³-hybridized carbons (Fsp3) is 0.500. The van der Waals surface area contributed by atoms with Crippen LogP contribution in [0.15, 0.2) is 24.3 Å². The van der Waals surface area contributed by atoms with Crippen LogP contribution in [-0.4, -0.2) is 25.6 Å². The van der Waals surface area contributed by atoms with Crippen molar-refractivity contribution >= 4 is 5.91 Å². The van der Waals surface area contributed by atoms with E-state index in [0.29, 0.717) is 13.0 Å². The molecule has 1 rings (SSSR count). The third kappa shape index (κ3) is 4.75. The molecule has 0 saturated carbocycles. The Hall–Kier alpha value is -1.55. The second-order valence-corrected chi connectivity index (χ2v) is 4.27. The van der Waals surface area contributed by atoms with Crippen molar-refractivity contribution in [3.8, 4) is 5.75 Å². The van der Waals surface area contributed by atoms with Gasteiger partial charge in [-0.25, -0.2) is 0 Å². The van der Waals surface area contributed by atoms with Crippen LogP contribution in [0.1, 0.15) is 25.3 Å². The Balaban J connectivity index is 2.37. The van der Waals surface area contributed by atoms with Crippen LogP contribution >= 0.6 is 0 Å². The predicted molar refractivity (Wildman–Crippen MR) is 72.6 cm³/mol. The predicted octanol–water partition coefficient (Wildman–Crippen LogP) is 1.48. The summed E-state index contributed by atoms with van der Waals surface area (Å²) in [6.45, 7) is 2.63. The molecule has 4 heteroatoms. The summed E-state index contributed by atoms with van der Waals surface area (Å²) in [5, 5.41) is 2.86. The standard InChI is InChI=1S/C14H22N2O2/c1-3-4-11-5-7-12(8-6-11)18-10-9-13(16-2)14(15)17/h5-8,13,16H,3-4,9-10H2,1-2H3,(H2,15,17). The van der Waals surface area contributed by atoms with Gasteiger partial charge in [-0.05, 0) is 31.2 Å². The molecule has 1 amide bonds. The first-order valence-corrected chi connectivity index (χ1v) is 6.35. The van der Waals surface area contributed by atoms with Gasteiger partial charge in [0.05, 0.1) is 12.6 Å². The SMILES string of the molecule is CCCc1ccc(OCCC(NC)C(N)=O)cc1. The summed E-state index contributed by atoms with van der Waals surface area (Å²) >= 11 is 0. The number of hydrogen-bond acceptors (Lipinski definition) is 3. The van der Waals surface area contributed by atoms with E-state index in [0.717, 1.165) is 18.6 Å². The molecular formula is C14H22N2O2. The maximum Gasteiger partial charge on any atom is 0.234 e. The maximum absolute atomic E-state index is 11.0. The molecule has 1 unspecified atom stereocenters. The fourth-order valence-electron chi connectivity index (χ4n) is 1.76. The molecule has 1 aromatic rings. The van der Waals surface area contributed by atoms with Gasteiger partial charge in [-0.2, -0.15) is 0 Å². The van der Waals surface area contributed by atoms with E-state index in [1.165, 1.54) is 5.56 Å². The van der Waals surface area contributed by atoms with Crippen molar-refractivity contribution in [2.45, 2.75) is 32.2 Å². The molecule has 1 atom stereocenters. The number of rotatable bonds is 8. The summed E-state index contributed by atoms with van der Waals surface area (Å²) in [7, 11) is 1.72. The molecular weight excluding hydrogens is 228 g/mol. The van der Waals surface area contributed by atoms with Gasteiger partial charge in [-0.15, -0.1) is 0 Å². The Labute approximate surface area is 109 Å². The third-order valence-corrected chi connectivity index (χ3v) is 2.83. The highest BCUT2D eigenvalue weighted by Crippen LogP contribution is 2.13. The molecule has 0 aliphatic rings. The highest BCUT2D eigenvalue weighted by atomic mass is 16.5.